The lowest BCUT2D eigenvalue weighted by Gasteiger charge is -2.26. The average molecular weight is 436 g/mol. The summed E-state index contributed by atoms with van der Waals surface area (Å²) in [7, 11) is 0. The third-order valence-electron chi connectivity index (χ3n) is 5.46. The van der Waals surface area contributed by atoms with Crippen molar-refractivity contribution in [3.05, 3.63) is 59.7 Å². The zero-order valence-electron chi connectivity index (χ0n) is 17.5. The van der Waals surface area contributed by atoms with Crippen LogP contribution in [0, 0.1) is 12.3 Å². The molecular formula is C24H24N2O6. The zero-order valence-corrected chi connectivity index (χ0v) is 17.5. The fraction of sp³-hybridized carbons (Fsp3) is 0.292. The van der Waals surface area contributed by atoms with Crippen molar-refractivity contribution < 1.29 is 29.3 Å². The number of benzene rings is 2. The number of carbonyl (C=O) groups is 3. The molecule has 2 aromatic rings. The smallest absolute Gasteiger partial charge is 0.407 e. The fourth-order valence-electron chi connectivity index (χ4n) is 3.63. The summed E-state index contributed by atoms with van der Waals surface area (Å²) in [6, 6.07) is 14.5. The summed E-state index contributed by atoms with van der Waals surface area (Å²) >= 11 is 0. The largest absolute Gasteiger partial charge is 0.479 e. The minimum Gasteiger partial charge on any atom is -0.479 e. The Morgan fingerprint density at radius 2 is 1.69 bits per heavy atom. The number of carboxylic acids is 1. The monoisotopic (exact) mass is 436 g/mol. The van der Waals surface area contributed by atoms with Crippen LogP contribution in [0.4, 0.5) is 4.79 Å². The van der Waals surface area contributed by atoms with E-state index in [0.29, 0.717) is 0 Å². The van der Waals surface area contributed by atoms with Gasteiger partial charge in [0.15, 0.2) is 5.54 Å². The molecule has 3 rings (SSSR count). The van der Waals surface area contributed by atoms with Gasteiger partial charge < -0.3 is 25.6 Å². The van der Waals surface area contributed by atoms with Gasteiger partial charge in [0.2, 0.25) is 5.91 Å². The van der Waals surface area contributed by atoms with Crippen LogP contribution >= 0.6 is 0 Å². The zero-order chi connectivity index (χ0) is 23.3. The Kier molecular flexibility index (Phi) is 6.81. The average Bonchev–Trinajstić information content (AvgIpc) is 3.11. The molecule has 0 spiro atoms. The van der Waals surface area contributed by atoms with Crippen LogP contribution < -0.4 is 10.6 Å². The number of aliphatic carboxylic acids is 1. The number of carbonyl (C=O) groups excluding carboxylic acids is 2. The van der Waals surface area contributed by atoms with Gasteiger partial charge in [-0.2, -0.15) is 0 Å². The Balaban J connectivity index is 1.67. The molecule has 8 heteroatoms. The van der Waals surface area contributed by atoms with Crippen molar-refractivity contribution >= 4 is 18.0 Å². The molecule has 0 heterocycles. The summed E-state index contributed by atoms with van der Waals surface area (Å²) in [6.07, 6.45) is 4.25. The maximum absolute atomic E-state index is 12.5. The quantitative estimate of drug-likeness (QED) is 0.468. The Labute approximate surface area is 185 Å². The van der Waals surface area contributed by atoms with Crippen LogP contribution in [0.15, 0.2) is 48.5 Å². The normalized spacial score (nSPS) is 14.8. The second-order valence-electron chi connectivity index (χ2n) is 7.72. The van der Waals surface area contributed by atoms with Crippen LogP contribution in [-0.4, -0.2) is 53.0 Å². The lowest BCUT2D eigenvalue weighted by molar-refractivity contribution is -0.149. The first kappa shape index (κ1) is 22.8. The van der Waals surface area contributed by atoms with Crippen molar-refractivity contribution in [2.24, 2.45) is 0 Å². The van der Waals surface area contributed by atoms with E-state index < -0.39 is 36.2 Å². The molecule has 1 aliphatic rings. The number of aliphatic hydroxyl groups excluding tert-OH is 1. The minimum atomic E-state index is -1.91. The summed E-state index contributed by atoms with van der Waals surface area (Å²) in [4.78, 5) is 36.2. The van der Waals surface area contributed by atoms with Crippen molar-refractivity contribution in [3.63, 3.8) is 0 Å². The Morgan fingerprint density at radius 1 is 1.12 bits per heavy atom. The molecule has 1 aliphatic carbocycles. The first-order valence-electron chi connectivity index (χ1n) is 10.0. The predicted octanol–water partition coefficient (Wildman–Crippen LogP) is 1.87. The first-order valence-corrected chi connectivity index (χ1v) is 10.0. The number of aliphatic hydroxyl groups is 1. The highest BCUT2D eigenvalue weighted by molar-refractivity contribution is 5.91. The van der Waals surface area contributed by atoms with E-state index >= 15 is 0 Å². The van der Waals surface area contributed by atoms with E-state index in [1.165, 1.54) is 0 Å². The molecule has 0 fully saturated rings. The molecule has 0 aromatic heterocycles. The van der Waals surface area contributed by atoms with Crippen LogP contribution in [0.3, 0.4) is 0 Å². The summed E-state index contributed by atoms with van der Waals surface area (Å²) in [5, 5.41) is 23.1. The molecule has 8 nitrogen and oxygen atoms in total. The highest BCUT2D eigenvalue weighted by Gasteiger charge is 2.37. The van der Waals surface area contributed by atoms with Gasteiger partial charge in [-0.15, -0.1) is 12.3 Å². The molecule has 0 aliphatic heterocycles. The number of rotatable bonds is 8. The topological polar surface area (TPSA) is 125 Å². The molecule has 2 atom stereocenters. The van der Waals surface area contributed by atoms with Gasteiger partial charge in [0, 0.05) is 12.3 Å². The van der Waals surface area contributed by atoms with Crippen molar-refractivity contribution in [1.82, 2.24) is 10.6 Å². The van der Waals surface area contributed by atoms with E-state index in [1.807, 2.05) is 48.5 Å². The molecule has 0 bridgehead atoms. The molecule has 0 radical (unpaired) electrons. The number of amides is 2. The summed E-state index contributed by atoms with van der Waals surface area (Å²) < 4.78 is 5.41. The molecular weight excluding hydrogens is 412 g/mol. The third kappa shape index (κ3) is 4.58. The molecule has 2 aromatic carbocycles. The first-order chi connectivity index (χ1) is 15.3. The van der Waals surface area contributed by atoms with Gasteiger partial charge in [0.1, 0.15) is 12.6 Å². The lowest BCUT2D eigenvalue weighted by atomic mass is 9.98. The number of carboxylic acid groups (broad SMARTS) is 1. The van der Waals surface area contributed by atoms with Crippen LogP contribution in [-0.2, 0) is 14.3 Å². The molecule has 0 saturated carbocycles. The number of ether oxygens (including phenoxy) is 1. The van der Waals surface area contributed by atoms with Crippen LogP contribution in [0.25, 0.3) is 11.1 Å². The summed E-state index contributed by atoms with van der Waals surface area (Å²) in [6.45, 7) is 0.364. The number of alkyl carbamates (subject to hydrolysis) is 1. The number of nitrogens with one attached hydrogen (secondary N) is 2. The fourth-order valence-corrected chi connectivity index (χ4v) is 3.63. The summed E-state index contributed by atoms with van der Waals surface area (Å²) in [5.41, 5.74) is 2.34. The Hall–Kier alpha value is -3.83. The highest BCUT2D eigenvalue weighted by atomic mass is 16.5. The van der Waals surface area contributed by atoms with Gasteiger partial charge in [0.25, 0.3) is 0 Å². The number of fused-ring (bicyclic) bond motifs is 3. The van der Waals surface area contributed by atoms with Gasteiger partial charge in [0.05, 0.1) is 6.61 Å². The van der Waals surface area contributed by atoms with Crippen molar-refractivity contribution in [1.29, 1.82) is 0 Å². The van der Waals surface area contributed by atoms with Crippen molar-refractivity contribution in [3.8, 4) is 23.5 Å². The van der Waals surface area contributed by atoms with Gasteiger partial charge >= 0.3 is 12.1 Å². The van der Waals surface area contributed by atoms with Gasteiger partial charge in [-0.05, 0) is 29.2 Å². The number of hydrogen-bond donors (Lipinski definition) is 4. The van der Waals surface area contributed by atoms with Crippen LogP contribution in [0.5, 0.6) is 0 Å². The van der Waals surface area contributed by atoms with Crippen molar-refractivity contribution in [2.45, 2.75) is 30.8 Å². The van der Waals surface area contributed by atoms with Gasteiger partial charge in [-0.1, -0.05) is 48.5 Å². The highest BCUT2D eigenvalue weighted by Crippen LogP contribution is 2.44. The Bertz CT molecular complexity index is 1030. The van der Waals surface area contributed by atoms with Crippen LogP contribution in [0.1, 0.15) is 30.4 Å². The van der Waals surface area contributed by atoms with E-state index in [1.54, 1.807) is 0 Å². The molecule has 0 saturated heterocycles. The summed E-state index contributed by atoms with van der Waals surface area (Å²) in [5.74, 6) is -0.145. The van der Waals surface area contributed by atoms with Crippen molar-refractivity contribution in [2.75, 3.05) is 13.2 Å². The molecule has 32 heavy (non-hydrogen) atoms. The van der Waals surface area contributed by atoms with Crippen LogP contribution in [0.2, 0.25) is 0 Å². The molecule has 2 unspecified atom stereocenters. The Morgan fingerprint density at radius 3 is 2.19 bits per heavy atom. The maximum atomic E-state index is 12.5. The molecule has 166 valence electrons. The van der Waals surface area contributed by atoms with E-state index in [9.17, 15) is 24.6 Å². The van der Waals surface area contributed by atoms with E-state index in [0.717, 1.165) is 29.2 Å². The van der Waals surface area contributed by atoms with E-state index in [-0.39, 0.29) is 18.9 Å². The molecule has 4 N–H and O–H groups in total. The number of terminal acetylenes is 1. The number of hydrogen-bond acceptors (Lipinski definition) is 5. The van der Waals surface area contributed by atoms with E-state index in [2.05, 4.69) is 16.6 Å². The van der Waals surface area contributed by atoms with Gasteiger partial charge in [-0.3, -0.25) is 4.79 Å². The lowest BCUT2D eigenvalue weighted by Crippen LogP contribution is -2.59. The minimum absolute atomic E-state index is 0.0493. The SMILES string of the molecule is C#CCC(NC(=O)OCC1c2ccccc2-c2ccccc21)C(=O)NC(C)(CO)C(=O)O. The second kappa shape index (κ2) is 9.54. The third-order valence-corrected chi connectivity index (χ3v) is 5.46. The molecule has 2 amide bonds. The van der Waals surface area contributed by atoms with Gasteiger partial charge in [-0.25, -0.2) is 9.59 Å². The van der Waals surface area contributed by atoms with E-state index in [4.69, 9.17) is 11.2 Å². The second-order valence-corrected chi connectivity index (χ2v) is 7.72. The predicted molar refractivity (Wildman–Crippen MR) is 117 cm³/mol. The standard InChI is InChI=1S/C24H24N2O6/c1-3-8-20(21(28)26-24(2,14-27)22(29)30)25-23(31)32-13-19-17-11-6-4-9-15(17)16-10-5-7-12-18(16)19/h1,4-7,9-12,19-20,27H,8,13-14H2,2H3,(H,25,31)(H,26,28)(H,29,30). The maximum Gasteiger partial charge on any atom is 0.407 e.